The summed E-state index contributed by atoms with van der Waals surface area (Å²) in [5.41, 5.74) is 5.78. The van der Waals surface area contributed by atoms with Gasteiger partial charge in [0.2, 0.25) is 5.91 Å². The van der Waals surface area contributed by atoms with E-state index >= 15 is 0 Å². The van der Waals surface area contributed by atoms with Crippen LogP contribution in [0, 0.1) is 6.92 Å². The van der Waals surface area contributed by atoms with Gasteiger partial charge in [0.1, 0.15) is 11.2 Å². The average molecular weight is 335 g/mol. The predicted molar refractivity (Wildman–Crippen MR) is 88.1 cm³/mol. The Hall–Kier alpha value is -2.34. The zero-order chi connectivity index (χ0) is 17.2. The third-order valence-electron chi connectivity index (χ3n) is 3.69. The van der Waals surface area contributed by atoms with Gasteiger partial charge in [0.25, 0.3) is 5.91 Å². The lowest BCUT2D eigenvalue weighted by molar-refractivity contribution is -0.123. The molecule has 0 saturated carbocycles. The highest BCUT2D eigenvalue weighted by molar-refractivity contribution is 6.30. The van der Waals surface area contributed by atoms with Gasteiger partial charge in [-0.15, -0.1) is 0 Å². The van der Waals surface area contributed by atoms with Crippen LogP contribution in [0.15, 0.2) is 30.3 Å². The first kappa shape index (κ1) is 17.0. The number of nitrogens with two attached hydrogens (primary N) is 1. The predicted octanol–water partition coefficient (Wildman–Crippen LogP) is 2.00. The van der Waals surface area contributed by atoms with Crippen molar-refractivity contribution in [3.05, 3.63) is 52.3 Å². The van der Waals surface area contributed by atoms with E-state index in [2.05, 4.69) is 10.4 Å². The third kappa shape index (κ3) is 3.37. The molecule has 2 amide bonds. The maximum absolute atomic E-state index is 12.6. The van der Waals surface area contributed by atoms with Crippen LogP contribution in [-0.4, -0.2) is 21.6 Å². The fraction of sp³-hybridized carbons (Fsp3) is 0.312. The number of nitrogens with zero attached hydrogens (tertiary/aromatic N) is 2. The Morgan fingerprint density at radius 3 is 2.65 bits per heavy atom. The molecule has 0 aliphatic carbocycles. The summed E-state index contributed by atoms with van der Waals surface area (Å²) in [5.74, 6) is -1.10. The maximum atomic E-state index is 12.6. The number of halogens is 1. The molecule has 23 heavy (non-hydrogen) atoms. The molecular weight excluding hydrogens is 316 g/mol. The van der Waals surface area contributed by atoms with Crippen molar-refractivity contribution in [1.82, 2.24) is 15.1 Å². The van der Waals surface area contributed by atoms with Crippen molar-refractivity contribution in [3.63, 3.8) is 0 Å². The minimum absolute atomic E-state index is 0.375. The number of aromatic nitrogens is 2. The van der Waals surface area contributed by atoms with Crippen LogP contribution < -0.4 is 11.1 Å². The number of aryl methyl sites for hydroxylation is 2. The monoisotopic (exact) mass is 334 g/mol. The van der Waals surface area contributed by atoms with Crippen molar-refractivity contribution in [2.24, 2.45) is 5.73 Å². The van der Waals surface area contributed by atoms with Gasteiger partial charge >= 0.3 is 0 Å². The first-order valence-electron chi connectivity index (χ1n) is 7.21. The fourth-order valence-electron chi connectivity index (χ4n) is 2.34. The molecule has 2 rings (SSSR count). The van der Waals surface area contributed by atoms with Gasteiger partial charge in [-0.25, -0.2) is 0 Å². The highest BCUT2D eigenvalue weighted by Gasteiger charge is 2.36. The van der Waals surface area contributed by atoms with Crippen LogP contribution in [0.25, 0.3) is 0 Å². The summed E-state index contributed by atoms with van der Waals surface area (Å²) in [4.78, 5) is 24.6. The topological polar surface area (TPSA) is 90.0 Å². The van der Waals surface area contributed by atoms with Crippen molar-refractivity contribution in [2.45, 2.75) is 32.9 Å². The Kier molecular flexibility index (Phi) is 4.75. The molecular formula is C16H19ClN4O2. The number of hydrogen-bond acceptors (Lipinski definition) is 3. The number of rotatable bonds is 5. The van der Waals surface area contributed by atoms with E-state index < -0.39 is 17.4 Å². The zero-order valence-corrected chi connectivity index (χ0v) is 14.0. The smallest absolute Gasteiger partial charge is 0.270 e. The van der Waals surface area contributed by atoms with Crippen LogP contribution in [-0.2, 0) is 16.9 Å². The zero-order valence-electron chi connectivity index (χ0n) is 13.3. The van der Waals surface area contributed by atoms with Gasteiger partial charge in [-0.3, -0.25) is 14.3 Å². The molecule has 1 heterocycles. The lowest BCUT2D eigenvalue weighted by atomic mass is 9.91. The fourth-order valence-corrected chi connectivity index (χ4v) is 2.53. The lowest BCUT2D eigenvalue weighted by Crippen LogP contribution is -2.53. The van der Waals surface area contributed by atoms with Crippen LogP contribution in [0.5, 0.6) is 0 Å². The van der Waals surface area contributed by atoms with Crippen molar-refractivity contribution in [2.75, 3.05) is 0 Å². The quantitative estimate of drug-likeness (QED) is 0.876. The Morgan fingerprint density at radius 2 is 2.09 bits per heavy atom. The van der Waals surface area contributed by atoms with Crippen LogP contribution in [0.2, 0.25) is 5.02 Å². The van der Waals surface area contributed by atoms with Crippen LogP contribution in [0.1, 0.15) is 35.6 Å². The van der Waals surface area contributed by atoms with Gasteiger partial charge in [-0.05, 0) is 44.5 Å². The molecule has 0 saturated heterocycles. The summed E-state index contributed by atoms with van der Waals surface area (Å²) in [5, 5.41) is 7.40. The van der Waals surface area contributed by atoms with Crippen LogP contribution in [0.4, 0.5) is 0 Å². The molecule has 3 N–H and O–H groups in total. The molecule has 0 aliphatic heterocycles. The first-order chi connectivity index (χ1) is 10.8. The molecule has 1 atom stereocenters. The van der Waals surface area contributed by atoms with E-state index in [0.717, 1.165) is 5.69 Å². The second kappa shape index (κ2) is 6.42. The molecule has 2 aromatic rings. The van der Waals surface area contributed by atoms with E-state index in [4.69, 9.17) is 17.3 Å². The van der Waals surface area contributed by atoms with Crippen molar-refractivity contribution < 1.29 is 9.59 Å². The van der Waals surface area contributed by atoms with Gasteiger partial charge in [0.05, 0.1) is 5.69 Å². The van der Waals surface area contributed by atoms with Gasteiger partial charge in [-0.1, -0.05) is 23.7 Å². The summed E-state index contributed by atoms with van der Waals surface area (Å²) in [6.07, 6.45) is 0. The molecule has 0 fully saturated rings. The molecule has 0 unspecified atom stereocenters. The van der Waals surface area contributed by atoms with Crippen molar-refractivity contribution in [1.29, 1.82) is 0 Å². The number of amides is 2. The molecule has 7 heteroatoms. The van der Waals surface area contributed by atoms with Gasteiger partial charge < -0.3 is 11.1 Å². The van der Waals surface area contributed by atoms with E-state index in [1.54, 1.807) is 48.9 Å². The highest BCUT2D eigenvalue weighted by Crippen LogP contribution is 2.24. The Labute approximate surface area is 139 Å². The first-order valence-corrected chi connectivity index (χ1v) is 7.58. The average Bonchev–Trinajstić information content (AvgIpc) is 2.88. The van der Waals surface area contributed by atoms with Crippen LogP contribution in [0.3, 0.4) is 0 Å². The van der Waals surface area contributed by atoms with E-state index in [1.807, 2.05) is 6.92 Å². The summed E-state index contributed by atoms with van der Waals surface area (Å²) < 4.78 is 1.57. The second-order valence-corrected chi connectivity index (χ2v) is 5.88. The molecule has 1 aromatic carbocycles. The summed E-state index contributed by atoms with van der Waals surface area (Å²) >= 11 is 5.98. The van der Waals surface area contributed by atoms with E-state index in [1.165, 1.54) is 0 Å². The number of carbonyl (C=O) groups excluding carboxylic acids is 2. The Balaban J connectivity index is 2.39. The summed E-state index contributed by atoms with van der Waals surface area (Å²) in [6, 6.07) is 8.35. The lowest BCUT2D eigenvalue weighted by Gasteiger charge is -2.28. The number of carbonyl (C=O) groups is 2. The maximum Gasteiger partial charge on any atom is 0.270 e. The second-order valence-electron chi connectivity index (χ2n) is 5.44. The minimum atomic E-state index is -1.38. The van der Waals surface area contributed by atoms with Crippen molar-refractivity contribution in [3.8, 4) is 0 Å². The van der Waals surface area contributed by atoms with Crippen LogP contribution >= 0.6 is 11.6 Å². The third-order valence-corrected chi connectivity index (χ3v) is 3.93. The van der Waals surface area contributed by atoms with Gasteiger partial charge in [-0.2, -0.15) is 5.10 Å². The number of nitrogens with one attached hydrogen (secondary N) is 1. The molecule has 0 aliphatic rings. The van der Waals surface area contributed by atoms with Gasteiger partial charge in [0.15, 0.2) is 0 Å². The minimum Gasteiger partial charge on any atom is -0.367 e. The molecule has 1 aromatic heterocycles. The normalized spacial score (nSPS) is 13.4. The largest absolute Gasteiger partial charge is 0.367 e. The number of primary amides is 1. The van der Waals surface area contributed by atoms with E-state index in [9.17, 15) is 9.59 Å². The number of benzene rings is 1. The standard InChI is InChI=1S/C16H19ClN4O2/c1-4-21-13(8-10(2)20-21)14(22)19-16(3,15(18)23)11-6-5-7-12(17)9-11/h5-9H,4H2,1-3H3,(H2,18,23)(H,19,22)/t16-/m0/s1. The Bertz CT molecular complexity index is 756. The molecule has 0 radical (unpaired) electrons. The van der Waals surface area contributed by atoms with E-state index in [0.29, 0.717) is 22.8 Å². The molecule has 6 nitrogen and oxygen atoms in total. The highest BCUT2D eigenvalue weighted by atomic mass is 35.5. The van der Waals surface area contributed by atoms with Crippen molar-refractivity contribution >= 4 is 23.4 Å². The summed E-state index contributed by atoms with van der Waals surface area (Å²) in [7, 11) is 0. The Morgan fingerprint density at radius 1 is 1.39 bits per heavy atom. The molecule has 122 valence electrons. The van der Waals surface area contributed by atoms with Gasteiger partial charge in [0, 0.05) is 11.6 Å². The molecule has 0 bridgehead atoms. The summed E-state index contributed by atoms with van der Waals surface area (Å²) in [6.45, 7) is 5.78. The number of hydrogen-bond donors (Lipinski definition) is 2. The SMILES string of the molecule is CCn1nc(C)cc1C(=O)N[C@](C)(C(N)=O)c1cccc(Cl)c1. The molecule has 0 spiro atoms. The van der Waals surface area contributed by atoms with E-state index in [-0.39, 0.29) is 0 Å².